The third-order valence-corrected chi connectivity index (χ3v) is 7.60. The van der Waals surface area contributed by atoms with Crippen molar-refractivity contribution in [3.63, 3.8) is 0 Å². The largest absolute Gasteiger partial charge is 0.509 e. The van der Waals surface area contributed by atoms with Crippen molar-refractivity contribution in [3.8, 4) is 5.75 Å². The Morgan fingerprint density at radius 1 is 1.07 bits per heavy atom. The van der Waals surface area contributed by atoms with Crippen LogP contribution in [0.2, 0.25) is 0 Å². The Hall–Kier alpha value is -4.37. The maximum absolute atomic E-state index is 13.2. The molecule has 42 heavy (non-hydrogen) atoms. The van der Waals surface area contributed by atoms with Crippen LogP contribution >= 0.6 is 0 Å². The van der Waals surface area contributed by atoms with Crippen LogP contribution in [0.1, 0.15) is 55.7 Å². The van der Waals surface area contributed by atoms with E-state index in [0.29, 0.717) is 29.8 Å². The van der Waals surface area contributed by atoms with E-state index in [-0.39, 0.29) is 41.6 Å². The number of aliphatic hydroxyl groups excluding tert-OH is 2. The highest BCUT2D eigenvalue weighted by Gasteiger charge is 2.35. The van der Waals surface area contributed by atoms with E-state index in [4.69, 9.17) is 10.5 Å². The lowest BCUT2D eigenvalue weighted by atomic mass is 9.83. The first-order valence-electron chi connectivity index (χ1n) is 14.4. The number of aliphatic hydroxyl groups is 2. The highest BCUT2D eigenvalue weighted by Crippen LogP contribution is 2.40. The SMILES string of the molecule is C=C1C(=O)C(c2cc(CC(NC(=O)[C@@H](N)Cc3ccccc3)C(=O)NCCCC)ccc2OCC(O)=C2CCC2)=C1O. The maximum atomic E-state index is 13.2. The van der Waals surface area contributed by atoms with E-state index < -0.39 is 23.8 Å². The number of nitrogens with one attached hydrogen (secondary N) is 2. The summed E-state index contributed by atoms with van der Waals surface area (Å²) in [7, 11) is 0. The van der Waals surface area contributed by atoms with Gasteiger partial charge in [-0.15, -0.1) is 0 Å². The van der Waals surface area contributed by atoms with Gasteiger partial charge in [-0.05, 0) is 60.9 Å². The summed E-state index contributed by atoms with van der Waals surface area (Å²) in [6.45, 7) is 6.01. The number of carbonyl (C=O) groups is 3. The van der Waals surface area contributed by atoms with Crippen molar-refractivity contribution < 1.29 is 29.3 Å². The monoisotopic (exact) mass is 573 g/mol. The fraction of sp³-hybridized carbons (Fsp3) is 0.364. The topological polar surface area (TPSA) is 151 Å². The van der Waals surface area contributed by atoms with Crippen LogP contribution in [0.5, 0.6) is 5.75 Å². The first-order chi connectivity index (χ1) is 20.2. The highest BCUT2D eigenvalue weighted by atomic mass is 16.5. The number of rotatable bonds is 14. The molecular weight excluding hydrogens is 534 g/mol. The van der Waals surface area contributed by atoms with E-state index in [1.165, 1.54) is 0 Å². The minimum atomic E-state index is -0.933. The van der Waals surface area contributed by atoms with E-state index in [1.807, 2.05) is 37.3 Å². The van der Waals surface area contributed by atoms with E-state index in [9.17, 15) is 24.6 Å². The average Bonchev–Trinajstić information content (AvgIpc) is 2.95. The van der Waals surface area contributed by atoms with Gasteiger partial charge in [0.05, 0.1) is 17.2 Å². The fourth-order valence-electron chi connectivity index (χ4n) is 4.82. The molecule has 0 bridgehead atoms. The van der Waals surface area contributed by atoms with Crippen LogP contribution in [-0.2, 0) is 27.2 Å². The maximum Gasteiger partial charge on any atom is 0.242 e. The van der Waals surface area contributed by atoms with Crippen molar-refractivity contribution in [2.45, 2.75) is 64.0 Å². The Morgan fingerprint density at radius 3 is 2.45 bits per heavy atom. The van der Waals surface area contributed by atoms with Crippen LogP contribution in [0.15, 0.2) is 77.8 Å². The second-order valence-corrected chi connectivity index (χ2v) is 10.8. The highest BCUT2D eigenvalue weighted by molar-refractivity contribution is 6.39. The fourth-order valence-corrected chi connectivity index (χ4v) is 4.82. The Labute approximate surface area is 246 Å². The molecule has 4 rings (SSSR count). The molecule has 222 valence electrons. The zero-order valence-electron chi connectivity index (χ0n) is 23.9. The second-order valence-electron chi connectivity index (χ2n) is 10.8. The number of allylic oxidation sites excluding steroid dienone is 3. The van der Waals surface area contributed by atoms with Gasteiger partial charge in [0.1, 0.15) is 29.9 Å². The number of carbonyl (C=O) groups excluding carboxylic acids is 3. The molecule has 2 amide bonds. The molecular formula is C33H39N3O6. The minimum Gasteiger partial charge on any atom is -0.509 e. The molecule has 0 spiro atoms. The summed E-state index contributed by atoms with van der Waals surface area (Å²) in [4.78, 5) is 38.9. The Bertz CT molecular complexity index is 1410. The van der Waals surface area contributed by atoms with Gasteiger partial charge in [-0.2, -0.15) is 0 Å². The number of Topliss-reactive ketones (excluding diaryl/α,β-unsaturated/α-hetero) is 1. The number of hydrogen-bond donors (Lipinski definition) is 5. The molecule has 9 heteroatoms. The van der Waals surface area contributed by atoms with Gasteiger partial charge in [-0.25, -0.2) is 0 Å². The number of amides is 2. The average molecular weight is 574 g/mol. The van der Waals surface area contributed by atoms with Gasteiger partial charge < -0.3 is 31.3 Å². The molecule has 0 aromatic heterocycles. The van der Waals surface area contributed by atoms with E-state index >= 15 is 0 Å². The first-order valence-corrected chi connectivity index (χ1v) is 14.4. The molecule has 0 aliphatic heterocycles. The molecule has 2 atom stereocenters. The van der Waals surface area contributed by atoms with Gasteiger partial charge in [-0.1, -0.05) is 56.3 Å². The van der Waals surface area contributed by atoms with E-state index in [0.717, 1.165) is 43.2 Å². The molecule has 1 unspecified atom stereocenters. The predicted octanol–water partition coefficient (Wildman–Crippen LogP) is 3.98. The Morgan fingerprint density at radius 2 is 1.81 bits per heavy atom. The van der Waals surface area contributed by atoms with Gasteiger partial charge in [0.2, 0.25) is 17.6 Å². The third kappa shape index (κ3) is 7.28. The van der Waals surface area contributed by atoms with Crippen molar-refractivity contribution in [1.29, 1.82) is 0 Å². The van der Waals surface area contributed by atoms with Crippen molar-refractivity contribution >= 4 is 23.2 Å². The molecule has 2 aromatic rings. The summed E-state index contributed by atoms with van der Waals surface area (Å²) in [5.41, 5.74) is 9.06. The van der Waals surface area contributed by atoms with Crippen molar-refractivity contribution in [1.82, 2.24) is 10.6 Å². The summed E-state index contributed by atoms with van der Waals surface area (Å²) in [6, 6.07) is 12.6. The molecule has 0 saturated heterocycles. The van der Waals surface area contributed by atoms with Crippen molar-refractivity contribution in [2.75, 3.05) is 13.2 Å². The standard InChI is InChI=1S/C33H39N3O6/c1-3-4-15-35-33(41)26(36-32(40)25(34)17-21-9-6-5-7-10-21)18-22-13-14-28(42-19-27(37)23-11-8-12-23)24(16-22)29-30(38)20(2)31(29)39/h5-7,9-10,13-14,16,25-26,37-38H,2-4,8,11-12,15,17-19,34H2,1H3,(H,35,41)(H,36,40)/t25-,26?/m0/s1. The zero-order valence-corrected chi connectivity index (χ0v) is 23.9. The second kappa shape index (κ2) is 14.0. The van der Waals surface area contributed by atoms with Crippen molar-refractivity contribution in [2.24, 2.45) is 5.73 Å². The normalized spacial score (nSPS) is 15.8. The summed E-state index contributed by atoms with van der Waals surface area (Å²) in [5.74, 6) is -0.983. The van der Waals surface area contributed by atoms with Crippen LogP contribution in [0.25, 0.3) is 5.57 Å². The van der Waals surface area contributed by atoms with Gasteiger partial charge in [0.15, 0.2) is 0 Å². The first kappa shape index (κ1) is 30.6. The smallest absolute Gasteiger partial charge is 0.242 e. The van der Waals surface area contributed by atoms with Gasteiger partial charge in [-0.3, -0.25) is 14.4 Å². The Kier molecular flexibility index (Phi) is 10.2. The number of benzene rings is 2. The van der Waals surface area contributed by atoms with Crippen molar-refractivity contribution in [3.05, 3.63) is 94.5 Å². The number of nitrogens with two attached hydrogens (primary N) is 1. The summed E-state index contributed by atoms with van der Waals surface area (Å²) >= 11 is 0. The van der Waals surface area contributed by atoms with Crippen LogP contribution < -0.4 is 21.1 Å². The molecule has 2 aliphatic carbocycles. The van der Waals surface area contributed by atoms with E-state index in [1.54, 1.807) is 18.2 Å². The molecule has 0 heterocycles. The molecule has 2 aromatic carbocycles. The van der Waals surface area contributed by atoms with Gasteiger partial charge in [0, 0.05) is 18.5 Å². The predicted molar refractivity (Wildman–Crippen MR) is 161 cm³/mol. The van der Waals surface area contributed by atoms with Crippen LogP contribution in [0, 0.1) is 0 Å². The molecule has 9 nitrogen and oxygen atoms in total. The zero-order chi connectivity index (χ0) is 30.2. The molecule has 1 fully saturated rings. The van der Waals surface area contributed by atoms with Crippen LogP contribution in [0.3, 0.4) is 0 Å². The lowest BCUT2D eigenvalue weighted by Crippen LogP contribution is -2.53. The summed E-state index contributed by atoms with van der Waals surface area (Å²) in [6.07, 6.45) is 4.79. The Balaban J connectivity index is 1.56. The third-order valence-electron chi connectivity index (χ3n) is 7.60. The van der Waals surface area contributed by atoms with Crippen LogP contribution in [0.4, 0.5) is 0 Å². The summed E-state index contributed by atoms with van der Waals surface area (Å²) < 4.78 is 5.87. The number of ketones is 1. The molecule has 6 N–H and O–H groups in total. The number of hydrogen-bond acceptors (Lipinski definition) is 7. The van der Waals surface area contributed by atoms with Gasteiger partial charge >= 0.3 is 0 Å². The quantitative estimate of drug-likeness (QED) is 0.130. The molecule has 2 aliphatic rings. The minimum absolute atomic E-state index is 0.00799. The van der Waals surface area contributed by atoms with Gasteiger partial charge in [0.25, 0.3) is 0 Å². The number of unbranched alkanes of at least 4 members (excludes halogenated alkanes) is 1. The van der Waals surface area contributed by atoms with Crippen LogP contribution in [-0.4, -0.2) is 53.0 Å². The lowest BCUT2D eigenvalue weighted by molar-refractivity contribution is -0.129. The van der Waals surface area contributed by atoms with E-state index in [2.05, 4.69) is 17.2 Å². The molecule has 1 saturated carbocycles. The lowest BCUT2D eigenvalue weighted by Gasteiger charge is -2.25. The molecule has 0 radical (unpaired) electrons. The number of ether oxygens (including phenoxy) is 1. The summed E-state index contributed by atoms with van der Waals surface area (Å²) in [5, 5.41) is 26.5.